The van der Waals surface area contributed by atoms with Gasteiger partial charge in [-0.3, -0.25) is 0 Å². The topological polar surface area (TPSA) is 78.6 Å². The zero-order chi connectivity index (χ0) is 24.0. The Balaban J connectivity index is 1.67. The number of para-hydroxylation sites is 2. The van der Waals surface area contributed by atoms with Gasteiger partial charge in [-0.25, -0.2) is 0 Å². The minimum Gasteiger partial charge on any atom is -0.489 e. The Labute approximate surface area is 201 Å². The first kappa shape index (κ1) is 23.8. The normalized spacial score (nSPS) is 17.8. The van der Waals surface area contributed by atoms with Gasteiger partial charge >= 0.3 is 10.0 Å². The summed E-state index contributed by atoms with van der Waals surface area (Å²) in [5.74, 6) is 1.66. The summed E-state index contributed by atoms with van der Waals surface area (Å²) >= 11 is 0. The highest BCUT2D eigenvalue weighted by molar-refractivity contribution is 7.91. The van der Waals surface area contributed by atoms with Crippen molar-refractivity contribution in [1.29, 1.82) is 0 Å². The van der Waals surface area contributed by atoms with Crippen LogP contribution in [0.1, 0.15) is 12.5 Å². The first-order valence-electron chi connectivity index (χ1n) is 11.2. The van der Waals surface area contributed by atoms with Crippen LogP contribution in [0.2, 0.25) is 0 Å². The fourth-order valence-electron chi connectivity index (χ4n) is 3.94. The lowest BCUT2D eigenvalue weighted by Gasteiger charge is -2.34. The third kappa shape index (κ3) is 4.92. The lowest BCUT2D eigenvalue weighted by molar-refractivity contribution is 0.304. The van der Waals surface area contributed by atoms with E-state index in [1.54, 1.807) is 31.3 Å². The van der Waals surface area contributed by atoms with E-state index in [0.29, 0.717) is 29.5 Å². The van der Waals surface area contributed by atoms with Crippen molar-refractivity contribution in [1.82, 2.24) is 3.89 Å². The van der Waals surface area contributed by atoms with Gasteiger partial charge in [0.05, 0.1) is 5.75 Å². The average molecular weight is 478 g/mol. The molecule has 0 saturated heterocycles. The van der Waals surface area contributed by atoms with Crippen LogP contribution >= 0.6 is 0 Å². The van der Waals surface area contributed by atoms with Gasteiger partial charge in [0, 0.05) is 24.3 Å². The van der Waals surface area contributed by atoms with Gasteiger partial charge in [0.1, 0.15) is 30.9 Å². The van der Waals surface area contributed by atoms with Crippen LogP contribution in [0.25, 0.3) is 0 Å². The van der Waals surface area contributed by atoms with Crippen LogP contribution in [0.4, 0.5) is 5.69 Å². The van der Waals surface area contributed by atoms with Crippen molar-refractivity contribution in [2.24, 2.45) is 5.73 Å². The van der Waals surface area contributed by atoms with Crippen molar-refractivity contribution in [3.63, 3.8) is 0 Å². The molecule has 0 aliphatic carbocycles. The van der Waals surface area contributed by atoms with Crippen molar-refractivity contribution < 1.29 is 17.9 Å². The molecule has 1 unspecified atom stereocenters. The van der Waals surface area contributed by atoms with Crippen LogP contribution in [0.3, 0.4) is 0 Å². The summed E-state index contributed by atoms with van der Waals surface area (Å²) in [5, 5.41) is 0. The molecule has 1 heterocycles. The summed E-state index contributed by atoms with van der Waals surface area (Å²) in [6, 6.07) is 24.5. The molecule has 3 aromatic rings. The van der Waals surface area contributed by atoms with Crippen LogP contribution in [-0.2, 0) is 16.6 Å². The molecule has 6 nitrogen and oxygen atoms in total. The van der Waals surface area contributed by atoms with E-state index in [9.17, 15) is 8.42 Å². The number of nitrogens with zero attached hydrogens (tertiary/aromatic N) is 1. The van der Waals surface area contributed by atoms with Crippen LogP contribution < -0.4 is 19.1 Å². The van der Waals surface area contributed by atoms with Crippen molar-refractivity contribution in [3.8, 4) is 17.2 Å². The lowest BCUT2D eigenvalue weighted by atomic mass is 10.1. The molecule has 7 heteroatoms. The maximum absolute atomic E-state index is 13.4. The Morgan fingerprint density at radius 2 is 1.68 bits per heavy atom. The summed E-state index contributed by atoms with van der Waals surface area (Å²) in [4.78, 5) is 0. The molecule has 34 heavy (non-hydrogen) atoms. The number of ether oxygens (including phenoxy) is 2. The van der Waals surface area contributed by atoms with E-state index in [0.717, 1.165) is 11.1 Å². The Hall–Kier alpha value is -3.39. The summed E-state index contributed by atoms with van der Waals surface area (Å²) in [6.45, 7) is 2.61. The molecule has 4 rings (SSSR count). The second-order valence-electron chi connectivity index (χ2n) is 7.98. The largest absolute Gasteiger partial charge is 0.489 e. The molecule has 0 amide bonds. The van der Waals surface area contributed by atoms with Gasteiger partial charge in [0.25, 0.3) is 0 Å². The highest BCUT2D eigenvalue weighted by atomic mass is 32.2. The highest BCUT2D eigenvalue weighted by Gasteiger charge is 2.44. The number of rotatable bonds is 9. The van der Waals surface area contributed by atoms with E-state index in [4.69, 9.17) is 15.2 Å². The molecule has 1 atom stereocenters. The van der Waals surface area contributed by atoms with Gasteiger partial charge in [-0.2, -0.15) is 12.3 Å². The second-order valence-corrected chi connectivity index (χ2v) is 10.4. The molecule has 0 bridgehead atoms. The number of benzene rings is 3. The number of nitrogens with two attached hydrogens (primary N) is 1. The Morgan fingerprint density at radius 3 is 2.44 bits per heavy atom. The van der Waals surface area contributed by atoms with Gasteiger partial charge in [-0.15, -0.1) is 0 Å². The predicted octanol–water partition coefficient (Wildman–Crippen LogP) is 5.13. The van der Waals surface area contributed by atoms with Crippen LogP contribution in [-0.4, -0.2) is 27.3 Å². The van der Waals surface area contributed by atoms with E-state index in [1.807, 2.05) is 72.8 Å². The molecule has 2 N–H and O–H groups in total. The van der Waals surface area contributed by atoms with Crippen molar-refractivity contribution >= 4 is 15.7 Å². The molecule has 0 fully saturated rings. The van der Waals surface area contributed by atoms with Crippen molar-refractivity contribution in [3.05, 3.63) is 108 Å². The van der Waals surface area contributed by atoms with E-state index in [-0.39, 0.29) is 22.7 Å². The standard InChI is InChI=1S/C27H29N2O4S/c1-2-34(30,31)29(17-9-12-23(19-28)20-29)26-15-6-7-16-27(26)33-25-14-8-13-24(18-25)32-21-22-10-4-3-5-11-22/h3-16,18,20H,2,17,19,21,28H2,1H3/q+1. The monoisotopic (exact) mass is 477 g/mol. The van der Waals surface area contributed by atoms with Crippen LogP contribution in [0.5, 0.6) is 17.2 Å². The van der Waals surface area contributed by atoms with Crippen molar-refractivity contribution in [2.45, 2.75) is 13.5 Å². The molecule has 1 aliphatic rings. The van der Waals surface area contributed by atoms with E-state index in [2.05, 4.69) is 0 Å². The third-order valence-corrected chi connectivity index (χ3v) is 7.91. The number of sulfonamides is 1. The minimum absolute atomic E-state index is 0.0215. The zero-order valence-corrected chi connectivity index (χ0v) is 19.9. The van der Waals surface area contributed by atoms with E-state index in [1.165, 1.54) is 0 Å². The molecule has 176 valence electrons. The number of hydrogen-bond acceptors (Lipinski definition) is 5. The summed E-state index contributed by atoms with van der Waals surface area (Å²) in [7, 11) is -3.59. The first-order valence-corrected chi connectivity index (χ1v) is 12.8. The summed E-state index contributed by atoms with van der Waals surface area (Å²) in [6.07, 6.45) is 5.45. The van der Waals surface area contributed by atoms with Gasteiger partial charge in [0.15, 0.2) is 11.4 Å². The fraction of sp³-hybridized carbons (Fsp3) is 0.185. The predicted molar refractivity (Wildman–Crippen MR) is 136 cm³/mol. The molecule has 1 aliphatic heterocycles. The van der Waals surface area contributed by atoms with Crippen LogP contribution in [0.15, 0.2) is 103 Å². The third-order valence-electron chi connectivity index (χ3n) is 5.73. The van der Waals surface area contributed by atoms with Crippen molar-refractivity contribution in [2.75, 3.05) is 18.8 Å². The summed E-state index contributed by atoms with van der Waals surface area (Å²) < 4.78 is 38.6. The smallest absolute Gasteiger partial charge is 0.306 e. The van der Waals surface area contributed by atoms with E-state index >= 15 is 0 Å². The highest BCUT2D eigenvalue weighted by Crippen LogP contribution is 2.41. The second kappa shape index (κ2) is 10.3. The Kier molecular flexibility index (Phi) is 7.17. The maximum Gasteiger partial charge on any atom is 0.306 e. The molecule has 3 aromatic carbocycles. The van der Waals surface area contributed by atoms with E-state index < -0.39 is 10.0 Å². The molecule has 0 spiro atoms. The summed E-state index contributed by atoms with van der Waals surface area (Å²) in [5.41, 5.74) is 8.23. The zero-order valence-electron chi connectivity index (χ0n) is 19.1. The number of hydrogen-bond donors (Lipinski definition) is 1. The SMILES string of the molecule is CCS(=O)(=O)[N+]1(c2ccccc2Oc2cccc(OCc3ccccc3)c2)C=C(CN)C=CC1. The molecular weight excluding hydrogens is 448 g/mol. The molecule has 0 aromatic heterocycles. The molecular formula is C27H29N2O4S+. The van der Waals surface area contributed by atoms with Gasteiger partial charge in [0.2, 0.25) is 0 Å². The average Bonchev–Trinajstić information content (AvgIpc) is 2.88. The quantitative estimate of drug-likeness (QED) is 0.433. The lowest BCUT2D eigenvalue weighted by Crippen LogP contribution is -2.51. The fourth-order valence-corrected chi connectivity index (χ4v) is 5.46. The van der Waals surface area contributed by atoms with Gasteiger partial charge in [-0.05, 0) is 36.8 Å². The molecule has 0 saturated carbocycles. The molecule has 0 radical (unpaired) electrons. The van der Waals surface area contributed by atoms with Gasteiger partial charge in [-0.1, -0.05) is 54.6 Å². The Morgan fingerprint density at radius 1 is 0.941 bits per heavy atom. The minimum atomic E-state index is -3.59. The van der Waals surface area contributed by atoms with Gasteiger partial charge < -0.3 is 15.2 Å². The van der Waals surface area contributed by atoms with Crippen LogP contribution in [0, 0.1) is 0 Å². The number of quaternary nitrogens is 1. The Bertz CT molecular complexity index is 1300. The maximum atomic E-state index is 13.4. The first-order chi connectivity index (χ1) is 16.5.